The normalized spacial score (nSPS) is 10.2. The Labute approximate surface area is 80.3 Å². The molecule has 0 saturated carbocycles. The molecule has 0 nitrogen and oxygen atoms in total. The minimum Gasteiger partial charge on any atom is -0.193 e. The van der Waals surface area contributed by atoms with Crippen LogP contribution in [-0.4, -0.2) is 4.59 Å². The largest absolute Gasteiger partial charge is 0.319 e. The second kappa shape index (κ2) is 3.80. The molecule has 1 aromatic carbocycles. The van der Waals surface area contributed by atoms with Crippen LogP contribution in [0, 0.1) is 11.8 Å². The Kier molecular flexibility index (Phi) is 2.97. The van der Waals surface area contributed by atoms with Gasteiger partial charge in [-0.2, -0.15) is 4.39 Å². The molecule has 0 radical (unpaired) electrons. The van der Waals surface area contributed by atoms with Crippen LogP contribution >= 0.6 is 23.2 Å². The third-order valence-electron chi connectivity index (χ3n) is 1.12. The molecule has 0 bridgehead atoms. The van der Waals surface area contributed by atoms with Crippen molar-refractivity contribution in [2.45, 2.75) is 4.59 Å². The van der Waals surface area contributed by atoms with Crippen molar-refractivity contribution in [3.8, 4) is 11.8 Å². The molecule has 0 aliphatic rings. The van der Waals surface area contributed by atoms with Crippen molar-refractivity contribution in [2.24, 2.45) is 0 Å². The van der Waals surface area contributed by atoms with Gasteiger partial charge in [-0.1, -0.05) is 47.3 Å². The number of benzene rings is 1. The topological polar surface area (TPSA) is 0 Å². The lowest BCUT2D eigenvalue weighted by Crippen LogP contribution is -1.97. The predicted molar refractivity (Wildman–Crippen MR) is 48.9 cm³/mol. The highest BCUT2D eigenvalue weighted by Crippen LogP contribution is 2.20. The third kappa shape index (κ3) is 3.61. The average Bonchev–Trinajstić information content (AvgIpc) is 2.02. The lowest BCUT2D eigenvalue weighted by molar-refractivity contribution is 0.476. The van der Waals surface area contributed by atoms with Gasteiger partial charge in [0.2, 0.25) is 0 Å². The van der Waals surface area contributed by atoms with Crippen molar-refractivity contribution in [1.82, 2.24) is 0 Å². The molecule has 0 saturated heterocycles. The van der Waals surface area contributed by atoms with Gasteiger partial charge in [0, 0.05) is 5.56 Å². The lowest BCUT2D eigenvalue weighted by Gasteiger charge is -1.95. The smallest absolute Gasteiger partial charge is 0.193 e. The molecule has 0 unspecified atom stereocenters. The van der Waals surface area contributed by atoms with Crippen molar-refractivity contribution in [3.05, 3.63) is 35.9 Å². The van der Waals surface area contributed by atoms with E-state index in [1.165, 1.54) is 0 Å². The van der Waals surface area contributed by atoms with Crippen LogP contribution in [0.4, 0.5) is 4.39 Å². The zero-order valence-electron chi connectivity index (χ0n) is 6.02. The quantitative estimate of drug-likeness (QED) is 0.448. The molecule has 12 heavy (non-hydrogen) atoms. The Morgan fingerprint density at radius 2 is 1.75 bits per heavy atom. The van der Waals surface area contributed by atoms with Gasteiger partial charge >= 0.3 is 4.59 Å². The summed E-state index contributed by atoms with van der Waals surface area (Å²) in [5, 5.41) is 0. The highest BCUT2D eigenvalue weighted by atomic mass is 35.5. The van der Waals surface area contributed by atoms with Gasteiger partial charge in [-0.3, -0.25) is 0 Å². The summed E-state index contributed by atoms with van der Waals surface area (Å²) in [5.41, 5.74) is 0.681. The number of hydrogen-bond donors (Lipinski definition) is 0. The minimum absolute atomic E-state index is 0.681. The molecule has 0 aromatic heterocycles. The maximum Gasteiger partial charge on any atom is 0.319 e. The maximum absolute atomic E-state index is 12.4. The third-order valence-corrected chi connectivity index (χ3v) is 1.31. The van der Waals surface area contributed by atoms with Crippen LogP contribution in [-0.2, 0) is 0 Å². The Balaban J connectivity index is 2.81. The average molecular weight is 203 g/mol. The monoisotopic (exact) mass is 202 g/mol. The molecule has 62 valence electrons. The fourth-order valence-corrected chi connectivity index (χ4v) is 0.759. The van der Waals surface area contributed by atoms with Crippen LogP contribution in [0.1, 0.15) is 5.56 Å². The van der Waals surface area contributed by atoms with Crippen LogP contribution in [0.2, 0.25) is 0 Å². The number of hydrogen-bond acceptors (Lipinski definition) is 0. The molecule has 1 rings (SSSR count). The Hall–Kier alpha value is -0.710. The minimum atomic E-state index is -2.46. The van der Waals surface area contributed by atoms with Gasteiger partial charge in [0.1, 0.15) is 0 Å². The molecule has 0 spiro atoms. The molecule has 0 N–H and O–H groups in total. The Morgan fingerprint density at radius 1 is 1.17 bits per heavy atom. The fraction of sp³-hybridized carbons (Fsp3) is 0.111. The van der Waals surface area contributed by atoms with Gasteiger partial charge in [0.05, 0.1) is 0 Å². The SMILES string of the molecule is FC(Cl)(Cl)C#Cc1ccccc1. The van der Waals surface area contributed by atoms with E-state index in [9.17, 15) is 4.39 Å². The van der Waals surface area contributed by atoms with Gasteiger partial charge in [-0.15, -0.1) is 0 Å². The van der Waals surface area contributed by atoms with Crippen molar-refractivity contribution in [1.29, 1.82) is 0 Å². The Bertz CT molecular complexity index is 303. The summed E-state index contributed by atoms with van der Waals surface area (Å²) >= 11 is 10.0. The summed E-state index contributed by atoms with van der Waals surface area (Å²) in [6, 6.07) is 8.92. The molecule has 0 heterocycles. The van der Waals surface area contributed by atoms with E-state index >= 15 is 0 Å². The molecular formula is C9H5Cl2F. The highest BCUT2D eigenvalue weighted by Gasteiger charge is 2.16. The first-order valence-corrected chi connectivity index (χ1v) is 3.98. The molecule has 0 aliphatic heterocycles. The van der Waals surface area contributed by atoms with Gasteiger partial charge in [0.15, 0.2) is 0 Å². The van der Waals surface area contributed by atoms with Crippen LogP contribution in [0.3, 0.4) is 0 Å². The van der Waals surface area contributed by atoms with Crippen LogP contribution in [0.5, 0.6) is 0 Å². The van der Waals surface area contributed by atoms with E-state index in [0.717, 1.165) is 0 Å². The second-order valence-corrected chi connectivity index (χ2v) is 3.35. The van der Waals surface area contributed by atoms with E-state index in [-0.39, 0.29) is 0 Å². The van der Waals surface area contributed by atoms with Crippen LogP contribution in [0.25, 0.3) is 0 Å². The maximum atomic E-state index is 12.4. The molecule has 0 amide bonds. The van der Waals surface area contributed by atoms with Crippen molar-refractivity contribution in [2.75, 3.05) is 0 Å². The first-order valence-electron chi connectivity index (χ1n) is 3.23. The van der Waals surface area contributed by atoms with Gasteiger partial charge in [-0.25, -0.2) is 0 Å². The molecule has 1 aromatic rings. The molecule has 0 atom stereocenters. The van der Waals surface area contributed by atoms with E-state index < -0.39 is 4.59 Å². The predicted octanol–water partition coefficient (Wildman–Crippen LogP) is 3.14. The molecule has 0 aliphatic carbocycles. The first-order chi connectivity index (χ1) is 5.58. The zero-order chi connectivity index (χ0) is 9.03. The lowest BCUT2D eigenvalue weighted by atomic mass is 10.2. The van der Waals surface area contributed by atoms with Crippen molar-refractivity contribution < 1.29 is 4.39 Å². The van der Waals surface area contributed by atoms with E-state index in [0.29, 0.717) is 5.56 Å². The molecular weight excluding hydrogens is 198 g/mol. The number of halogens is 3. The first kappa shape index (κ1) is 9.38. The number of rotatable bonds is 0. The summed E-state index contributed by atoms with van der Waals surface area (Å²) in [6.07, 6.45) is 0. The van der Waals surface area contributed by atoms with Gasteiger partial charge in [-0.05, 0) is 18.1 Å². The standard InChI is InChI=1S/C9H5Cl2F/c10-9(11,12)7-6-8-4-2-1-3-5-8/h1-5H. The van der Waals surface area contributed by atoms with Crippen molar-refractivity contribution in [3.63, 3.8) is 0 Å². The van der Waals surface area contributed by atoms with Crippen molar-refractivity contribution >= 4 is 23.2 Å². The highest BCUT2D eigenvalue weighted by molar-refractivity contribution is 6.49. The van der Waals surface area contributed by atoms with Gasteiger partial charge < -0.3 is 0 Å². The summed E-state index contributed by atoms with van der Waals surface area (Å²) in [4.78, 5) is 0. The molecule has 3 heteroatoms. The van der Waals surface area contributed by atoms with E-state index in [2.05, 4.69) is 11.8 Å². The van der Waals surface area contributed by atoms with E-state index in [1.807, 2.05) is 6.07 Å². The summed E-state index contributed by atoms with van der Waals surface area (Å²) in [6.45, 7) is 0. The number of alkyl halides is 3. The summed E-state index contributed by atoms with van der Waals surface area (Å²) in [7, 11) is 0. The summed E-state index contributed by atoms with van der Waals surface area (Å²) in [5.74, 6) is 4.55. The fourth-order valence-electron chi connectivity index (χ4n) is 0.665. The second-order valence-electron chi connectivity index (χ2n) is 2.11. The summed E-state index contributed by atoms with van der Waals surface area (Å²) < 4.78 is 9.97. The van der Waals surface area contributed by atoms with Gasteiger partial charge in [0.25, 0.3) is 0 Å². The van der Waals surface area contributed by atoms with Crippen LogP contribution in [0.15, 0.2) is 30.3 Å². The van der Waals surface area contributed by atoms with E-state index in [4.69, 9.17) is 23.2 Å². The van der Waals surface area contributed by atoms with Crippen LogP contribution < -0.4 is 0 Å². The Morgan fingerprint density at radius 3 is 2.25 bits per heavy atom. The molecule has 0 fully saturated rings. The zero-order valence-corrected chi connectivity index (χ0v) is 7.53. The van der Waals surface area contributed by atoms with E-state index in [1.54, 1.807) is 24.3 Å².